The molecule has 0 aromatic carbocycles. The Balaban J connectivity index is 2.43. The molecule has 0 unspecified atom stereocenters. The van der Waals surface area contributed by atoms with Gasteiger partial charge in [0.05, 0.1) is 0 Å². The van der Waals surface area contributed by atoms with Crippen molar-refractivity contribution < 1.29 is 14.0 Å². The number of hydrogen-bond donors (Lipinski definition) is 0. The van der Waals surface area contributed by atoms with E-state index in [0.717, 1.165) is 32.8 Å². The van der Waals surface area contributed by atoms with Gasteiger partial charge in [0.15, 0.2) is 8.32 Å². The maximum Gasteiger partial charge on any atom is 0.410 e. The van der Waals surface area contributed by atoms with Crippen molar-refractivity contribution >= 4 is 14.4 Å². The number of ether oxygens (including phenoxy) is 1. The van der Waals surface area contributed by atoms with Gasteiger partial charge in [-0.05, 0) is 45.8 Å². The standard InChI is InChI=1S/C18H38N2O3Si/c1-15-14-20(16(21)23-17(2,3)4)11-10-19(15)12-13-22-24(8,9)18(5,6)7/h15H,10-14H2,1-9H3/t15-/m1/s1. The summed E-state index contributed by atoms with van der Waals surface area (Å²) in [6.07, 6.45) is -0.202. The Hall–Kier alpha value is -0.593. The molecule has 0 bridgehead atoms. The van der Waals surface area contributed by atoms with Crippen molar-refractivity contribution in [2.45, 2.75) is 78.2 Å². The van der Waals surface area contributed by atoms with Gasteiger partial charge in [-0.15, -0.1) is 0 Å². The molecular formula is C18H38N2O3Si. The Kier molecular flexibility index (Phi) is 6.92. The third kappa shape index (κ3) is 6.37. The Labute approximate surface area is 149 Å². The van der Waals surface area contributed by atoms with Crippen LogP contribution < -0.4 is 0 Å². The summed E-state index contributed by atoms with van der Waals surface area (Å²) < 4.78 is 11.8. The molecule has 0 aliphatic carbocycles. The third-order valence-corrected chi connectivity index (χ3v) is 9.60. The van der Waals surface area contributed by atoms with Crippen LogP contribution in [0.25, 0.3) is 0 Å². The first-order valence-electron chi connectivity index (χ1n) is 9.09. The SMILES string of the molecule is C[C@@H]1CN(C(=O)OC(C)(C)C)CCN1CCO[Si](C)(C)C(C)(C)C. The van der Waals surface area contributed by atoms with Crippen LogP contribution in [0.4, 0.5) is 4.79 Å². The molecule has 1 rings (SSSR count). The summed E-state index contributed by atoms with van der Waals surface area (Å²) in [6, 6.07) is 0.328. The summed E-state index contributed by atoms with van der Waals surface area (Å²) in [6.45, 7) is 23.3. The second kappa shape index (κ2) is 7.75. The second-order valence-electron chi connectivity index (χ2n) is 9.42. The molecule has 1 fully saturated rings. The molecule has 0 radical (unpaired) electrons. The quantitative estimate of drug-likeness (QED) is 0.714. The Morgan fingerprint density at radius 2 is 1.71 bits per heavy atom. The van der Waals surface area contributed by atoms with Crippen molar-refractivity contribution in [1.82, 2.24) is 9.80 Å². The van der Waals surface area contributed by atoms with E-state index in [-0.39, 0.29) is 11.1 Å². The number of carbonyl (C=O) groups is 1. The van der Waals surface area contributed by atoms with Crippen molar-refractivity contribution in [2.75, 3.05) is 32.8 Å². The zero-order chi connectivity index (χ0) is 18.8. The Morgan fingerprint density at radius 1 is 1.12 bits per heavy atom. The van der Waals surface area contributed by atoms with E-state index in [2.05, 4.69) is 45.7 Å². The van der Waals surface area contributed by atoms with E-state index < -0.39 is 13.9 Å². The first-order valence-corrected chi connectivity index (χ1v) is 12.0. The number of hydrogen-bond acceptors (Lipinski definition) is 4. The number of carbonyl (C=O) groups excluding carboxylic acids is 1. The van der Waals surface area contributed by atoms with Crippen molar-refractivity contribution in [3.8, 4) is 0 Å². The maximum absolute atomic E-state index is 12.2. The highest BCUT2D eigenvalue weighted by Crippen LogP contribution is 2.36. The van der Waals surface area contributed by atoms with Crippen LogP contribution in [0.1, 0.15) is 48.5 Å². The van der Waals surface area contributed by atoms with E-state index in [9.17, 15) is 4.79 Å². The highest BCUT2D eigenvalue weighted by atomic mass is 28.4. The summed E-state index contributed by atoms with van der Waals surface area (Å²) in [5, 5.41) is 0.244. The van der Waals surface area contributed by atoms with Gasteiger partial charge < -0.3 is 14.1 Å². The molecule has 6 heteroatoms. The zero-order valence-corrected chi connectivity index (χ0v) is 18.2. The monoisotopic (exact) mass is 358 g/mol. The van der Waals surface area contributed by atoms with Crippen LogP contribution in [-0.4, -0.2) is 68.6 Å². The summed E-state index contributed by atoms with van der Waals surface area (Å²) in [5.41, 5.74) is -0.436. The van der Waals surface area contributed by atoms with Crippen molar-refractivity contribution in [3.63, 3.8) is 0 Å². The lowest BCUT2D eigenvalue weighted by atomic mass is 10.2. The van der Waals surface area contributed by atoms with Gasteiger partial charge in [-0.1, -0.05) is 20.8 Å². The van der Waals surface area contributed by atoms with Gasteiger partial charge in [0.2, 0.25) is 0 Å². The van der Waals surface area contributed by atoms with Crippen molar-refractivity contribution in [1.29, 1.82) is 0 Å². The van der Waals surface area contributed by atoms with E-state index in [4.69, 9.17) is 9.16 Å². The van der Waals surface area contributed by atoms with Crippen LogP contribution >= 0.6 is 0 Å². The molecule has 1 heterocycles. The molecule has 1 saturated heterocycles. The maximum atomic E-state index is 12.2. The number of rotatable bonds is 4. The van der Waals surface area contributed by atoms with E-state index in [1.807, 2.05) is 25.7 Å². The summed E-state index contributed by atoms with van der Waals surface area (Å²) >= 11 is 0. The molecule has 142 valence electrons. The first kappa shape index (κ1) is 21.4. The predicted molar refractivity (Wildman–Crippen MR) is 102 cm³/mol. The molecule has 0 aromatic rings. The largest absolute Gasteiger partial charge is 0.444 e. The lowest BCUT2D eigenvalue weighted by Crippen LogP contribution is -2.55. The van der Waals surface area contributed by atoms with Crippen molar-refractivity contribution in [3.05, 3.63) is 0 Å². The smallest absolute Gasteiger partial charge is 0.410 e. The molecule has 1 atom stereocenters. The van der Waals surface area contributed by atoms with E-state index in [0.29, 0.717) is 6.04 Å². The molecule has 0 spiro atoms. The summed E-state index contributed by atoms with van der Waals surface area (Å²) in [4.78, 5) is 16.4. The van der Waals surface area contributed by atoms with Gasteiger partial charge in [-0.2, -0.15) is 0 Å². The van der Waals surface area contributed by atoms with Crippen LogP contribution in [0.5, 0.6) is 0 Å². The first-order chi connectivity index (χ1) is 10.7. The lowest BCUT2D eigenvalue weighted by Gasteiger charge is -2.41. The van der Waals surface area contributed by atoms with Gasteiger partial charge in [-0.25, -0.2) is 4.79 Å². The third-order valence-electron chi connectivity index (χ3n) is 5.06. The van der Waals surface area contributed by atoms with Crippen LogP contribution in [0.3, 0.4) is 0 Å². The molecule has 24 heavy (non-hydrogen) atoms. The second-order valence-corrected chi connectivity index (χ2v) is 14.2. The van der Waals surface area contributed by atoms with Gasteiger partial charge >= 0.3 is 6.09 Å². The fourth-order valence-corrected chi connectivity index (χ4v) is 3.49. The topological polar surface area (TPSA) is 42.0 Å². The van der Waals surface area contributed by atoms with Gasteiger partial charge in [-0.3, -0.25) is 4.90 Å². The predicted octanol–water partition coefficient (Wildman–Crippen LogP) is 3.95. The van der Waals surface area contributed by atoms with Crippen LogP contribution in [0.2, 0.25) is 18.1 Å². The van der Waals surface area contributed by atoms with Gasteiger partial charge in [0, 0.05) is 38.8 Å². The minimum Gasteiger partial charge on any atom is -0.444 e. The highest BCUT2D eigenvalue weighted by Gasteiger charge is 2.37. The lowest BCUT2D eigenvalue weighted by molar-refractivity contribution is 0.00408. The van der Waals surface area contributed by atoms with Crippen molar-refractivity contribution in [2.24, 2.45) is 0 Å². The van der Waals surface area contributed by atoms with E-state index >= 15 is 0 Å². The Bertz CT molecular complexity index is 427. The molecule has 1 amide bonds. The fraction of sp³-hybridized carbons (Fsp3) is 0.944. The van der Waals surface area contributed by atoms with Gasteiger partial charge in [0.1, 0.15) is 5.60 Å². The molecule has 0 saturated carbocycles. The average Bonchev–Trinajstić information content (AvgIpc) is 2.37. The van der Waals surface area contributed by atoms with Crippen LogP contribution in [0.15, 0.2) is 0 Å². The highest BCUT2D eigenvalue weighted by molar-refractivity contribution is 6.74. The molecule has 5 nitrogen and oxygen atoms in total. The molecule has 1 aliphatic heterocycles. The summed E-state index contributed by atoms with van der Waals surface area (Å²) in [5.74, 6) is 0. The molecule has 0 N–H and O–H groups in total. The number of piperazine rings is 1. The van der Waals surface area contributed by atoms with Crippen LogP contribution in [-0.2, 0) is 9.16 Å². The minimum atomic E-state index is -1.68. The normalized spacial score (nSPS) is 21.0. The molecule has 1 aliphatic rings. The molecular weight excluding hydrogens is 320 g/mol. The molecule has 0 aromatic heterocycles. The number of nitrogens with zero attached hydrogens (tertiary/aromatic N) is 2. The van der Waals surface area contributed by atoms with Gasteiger partial charge in [0.25, 0.3) is 0 Å². The average molecular weight is 359 g/mol. The summed E-state index contributed by atoms with van der Waals surface area (Å²) in [7, 11) is -1.68. The zero-order valence-electron chi connectivity index (χ0n) is 17.2. The van der Waals surface area contributed by atoms with Crippen LogP contribution in [0, 0.1) is 0 Å². The number of amides is 1. The minimum absolute atomic E-state index is 0.202. The fourth-order valence-electron chi connectivity index (χ4n) is 2.45. The van der Waals surface area contributed by atoms with E-state index in [1.165, 1.54) is 0 Å². The van der Waals surface area contributed by atoms with E-state index in [1.54, 1.807) is 0 Å². The Morgan fingerprint density at radius 3 is 2.17 bits per heavy atom.